The van der Waals surface area contributed by atoms with Crippen LogP contribution in [0.15, 0.2) is 12.1 Å². The lowest BCUT2D eigenvalue weighted by atomic mass is 10.0. The number of ether oxygens (including phenoxy) is 1. The minimum atomic E-state index is -0.0447. The fourth-order valence-electron chi connectivity index (χ4n) is 1.91. The van der Waals surface area contributed by atoms with Gasteiger partial charge in [-0.1, -0.05) is 17.7 Å². The molecule has 1 N–H and O–H groups in total. The number of hydrogen-bond acceptors (Lipinski definition) is 3. The fraction of sp³-hybridized carbons (Fsp3) is 0.462. The monoisotopic (exact) mass is 253 g/mol. The largest absolute Gasteiger partial charge is 0.496 e. The number of aryl methyl sites for hydroxylation is 2. The molecule has 0 spiro atoms. The lowest BCUT2D eigenvalue weighted by Gasteiger charge is -2.13. The first-order valence-electron chi connectivity index (χ1n) is 5.60. The Morgan fingerprint density at radius 2 is 2.12 bits per heavy atom. The van der Waals surface area contributed by atoms with Gasteiger partial charge in [0.2, 0.25) is 5.91 Å². The van der Waals surface area contributed by atoms with E-state index in [-0.39, 0.29) is 11.7 Å². The molecule has 1 aromatic carbocycles. The van der Waals surface area contributed by atoms with Crippen LogP contribution < -0.4 is 10.1 Å². The molecule has 1 rings (SSSR count). The summed E-state index contributed by atoms with van der Waals surface area (Å²) in [7, 11) is 1.67. The molecule has 0 aliphatic heterocycles. The van der Waals surface area contributed by atoms with Gasteiger partial charge in [-0.15, -0.1) is 0 Å². The van der Waals surface area contributed by atoms with Gasteiger partial charge in [-0.3, -0.25) is 4.79 Å². The summed E-state index contributed by atoms with van der Waals surface area (Å²) in [5.41, 5.74) is 3.46. The van der Waals surface area contributed by atoms with Crippen LogP contribution in [-0.4, -0.2) is 25.3 Å². The number of thiol groups is 1. The number of rotatable bonds is 5. The van der Waals surface area contributed by atoms with Crippen LogP contribution in [0.4, 0.5) is 0 Å². The van der Waals surface area contributed by atoms with Crippen molar-refractivity contribution in [2.45, 2.75) is 20.3 Å². The highest BCUT2D eigenvalue weighted by Gasteiger charge is 2.07. The van der Waals surface area contributed by atoms with Gasteiger partial charge in [-0.25, -0.2) is 0 Å². The lowest BCUT2D eigenvalue weighted by Crippen LogP contribution is -2.26. The molecule has 0 atom stereocenters. The molecule has 0 heterocycles. The molecule has 0 radical (unpaired) electrons. The number of methoxy groups -OCH3 is 1. The van der Waals surface area contributed by atoms with Crippen molar-refractivity contribution in [3.8, 4) is 5.75 Å². The first kappa shape index (κ1) is 13.9. The van der Waals surface area contributed by atoms with E-state index in [2.05, 4.69) is 37.0 Å². The molecular weight excluding hydrogens is 234 g/mol. The van der Waals surface area contributed by atoms with Crippen LogP contribution in [0, 0.1) is 13.8 Å². The fourth-order valence-corrected chi connectivity index (χ4v) is 2.02. The van der Waals surface area contributed by atoms with Gasteiger partial charge < -0.3 is 10.1 Å². The third kappa shape index (κ3) is 3.97. The maximum atomic E-state index is 11.1. The second kappa shape index (κ2) is 6.55. The van der Waals surface area contributed by atoms with Crippen molar-refractivity contribution in [1.82, 2.24) is 5.32 Å². The molecule has 0 aromatic heterocycles. The van der Waals surface area contributed by atoms with E-state index in [9.17, 15) is 4.79 Å². The van der Waals surface area contributed by atoms with Crippen molar-refractivity contribution >= 4 is 18.5 Å². The Morgan fingerprint density at radius 3 is 2.71 bits per heavy atom. The third-order valence-corrected chi connectivity index (χ3v) is 2.85. The number of carbonyl (C=O) groups excluding carboxylic acids is 1. The Labute approximate surface area is 108 Å². The van der Waals surface area contributed by atoms with Crippen LogP contribution in [-0.2, 0) is 11.2 Å². The van der Waals surface area contributed by atoms with Crippen molar-refractivity contribution < 1.29 is 9.53 Å². The van der Waals surface area contributed by atoms with E-state index in [0.29, 0.717) is 6.54 Å². The summed E-state index contributed by atoms with van der Waals surface area (Å²) in [5.74, 6) is 1.09. The minimum Gasteiger partial charge on any atom is -0.496 e. The van der Waals surface area contributed by atoms with E-state index in [1.54, 1.807) is 7.11 Å². The van der Waals surface area contributed by atoms with Gasteiger partial charge in [0.05, 0.1) is 12.9 Å². The summed E-state index contributed by atoms with van der Waals surface area (Å²) < 4.78 is 5.39. The highest BCUT2D eigenvalue weighted by Crippen LogP contribution is 2.25. The van der Waals surface area contributed by atoms with Gasteiger partial charge in [-0.2, -0.15) is 12.6 Å². The average molecular weight is 253 g/mol. The van der Waals surface area contributed by atoms with Crippen LogP contribution >= 0.6 is 12.6 Å². The number of benzene rings is 1. The van der Waals surface area contributed by atoms with Crippen molar-refractivity contribution in [2.24, 2.45) is 0 Å². The van der Waals surface area contributed by atoms with Crippen LogP contribution in [0.5, 0.6) is 5.75 Å². The molecule has 17 heavy (non-hydrogen) atoms. The summed E-state index contributed by atoms with van der Waals surface area (Å²) in [5, 5.41) is 2.80. The van der Waals surface area contributed by atoms with Crippen molar-refractivity contribution in [1.29, 1.82) is 0 Å². The van der Waals surface area contributed by atoms with Gasteiger partial charge in [0, 0.05) is 6.54 Å². The molecular formula is C13H19NO2S. The van der Waals surface area contributed by atoms with Gasteiger partial charge >= 0.3 is 0 Å². The number of amides is 1. The molecule has 1 aromatic rings. The molecule has 0 saturated heterocycles. The lowest BCUT2D eigenvalue weighted by molar-refractivity contribution is -0.118. The second-order valence-electron chi connectivity index (χ2n) is 4.03. The zero-order valence-corrected chi connectivity index (χ0v) is 11.4. The first-order valence-corrected chi connectivity index (χ1v) is 6.23. The maximum absolute atomic E-state index is 11.1. The highest BCUT2D eigenvalue weighted by molar-refractivity contribution is 7.81. The van der Waals surface area contributed by atoms with Crippen molar-refractivity contribution in [3.63, 3.8) is 0 Å². The molecule has 0 bridgehead atoms. The molecule has 4 heteroatoms. The van der Waals surface area contributed by atoms with Crippen LogP contribution in [0.3, 0.4) is 0 Å². The zero-order valence-electron chi connectivity index (χ0n) is 10.5. The Morgan fingerprint density at radius 1 is 1.41 bits per heavy atom. The highest BCUT2D eigenvalue weighted by atomic mass is 32.1. The minimum absolute atomic E-state index is 0.0447. The Bertz CT molecular complexity index is 405. The molecule has 1 amide bonds. The standard InChI is InChI=1S/C13H19NO2S/c1-9-6-10(2)13(16-3)11(7-9)4-5-14-12(15)8-17/h6-7,17H,4-5,8H2,1-3H3,(H,14,15). The summed E-state index contributed by atoms with van der Waals surface area (Å²) in [6, 6.07) is 4.19. The Balaban J connectivity index is 2.72. The SMILES string of the molecule is COc1c(C)cc(C)cc1CCNC(=O)CS. The van der Waals surface area contributed by atoms with Gasteiger partial charge in [-0.05, 0) is 31.4 Å². The smallest absolute Gasteiger partial charge is 0.229 e. The maximum Gasteiger partial charge on any atom is 0.229 e. The van der Waals surface area contributed by atoms with E-state index in [1.807, 2.05) is 6.92 Å². The molecule has 94 valence electrons. The molecule has 3 nitrogen and oxygen atoms in total. The predicted molar refractivity (Wildman–Crippen MR) is 73.0 cm³/mol. The number of carbonyl (C=O) groups is 1. The number of nitrogens with one attached hydrogen (secondary N) is 1. The number of hydrogen-bond donors (Lipinski definition) is 2. The van der Waals surface area contributed by atoms with Gasteiger partial charge in [0.25, 0.3) is 0 Å². The van der Waals surface area contributed by atoms with E-state index >= 15 is 0 Å². The molecule has 0 unspecified atom stereocenters. The summed E-state index contributed by atoms with van der Waals surface area (Å²) in [6.45, 7) is 4.70. The Hall–Kier alpha value is -1.16. The molecule has 0 aliphatic rings. The van der Waals surface area contributed by atoms with Crippen molar-refractivity contribution in [2.75, 3.05) is 19.4 Å². The summed E-state index contributed by atoms with van der Waals surface area (Å²) in [6.07, 6.45) is 0.769. The average Bonchev–Trinajstić information content (AvgIpc) is 2.28. The van der Waals surface area contributed by atoms with Gasteiger partial charge in [0.15, 0.2) is 0 Å². The Kier molecular flexibility index (Phi) is 5.35. The second-order valence-corrected chi connectivity index (χ2v) is 4.35. The molecule has 0 saturated carbocycles. The van der Waals surface area contributed by atoms with Crippen LogP contribution in [0.1, 0.15) is 16.7 Å². The van der Waals surface area contributed by atoms with E-state index in [1.165, 1.54) is 5.56 Å². The molecule has 0 fully saturated rings. The topological polar surface area (TPSA) is 38.3 Å². The van der Waals surface area contributed by atoms with E-state index in [4.69, 9.17) is 4.74 Å². The van der Waals surface area contributed by atoms with Crippen LogP contribution in [0.2, 0.25) is 0 Å². The summed E-state index contributed by atoms with van der Waals surface area (Å²) in [4.78, 5) is 11.1. The van der Waals surface area contributed by atoms with E-state index in [0.717, 1.165) is 23.3 Å². The third-order valence-electron chi connectivity index (χ3n) is 2.56. The quantitative estimate of drug-likeness (QED) is 0.787. The summed E-state index contributed by atoms with van der Waals surface area (Å²) >= 11 is 3.91. The zero-order chi connectivity index (χ0) is 12.8. The normalized spacial score (nSPS) is 10.1. The van der Waals surface area contributed by atoms with E-state index < -0.39 is 0 Å². The predicted octanol–water partition coefficient (Wildman–Crippen LogP) is 1.90. The van der Waals surface area contributed by atoms with Crippen LogP contribution in [0.25, 0.3) is 0 Å². The van der Waals surface area contributed by atoms with Crippen molar-refractivity contribution in [3.05, 3.63) is 28.8 Å². The molecule has 0 aliphatic carbocycles. The van der Waals surface area contributed by atoms with Gasteiger partial charge in [0.1, 0.15) is 5.75 Å². The first-order chi connectivity index (χ1) is 8.08.